The molecule has 4 heterocycles. The number of piperidine rings is 3. The number of nitrogens with zero attached hydrogens (tertiary/aromatic N) is 3. The van der Waals surface area contributed by atoms with Crippen molar-refractivity contribution in [2.75, 3.05) is 38.8 Å². The minimum atomic E-state index is -1.18. The second-order valence-electron chi connectivity index (χ2n) is 12.5. The van der Waals surface area contributed by atoms with Crippen molar-refractivity contribution in [1.29, 1.82) is 0 Å². The van der Waals surface area contributed by atoms with Crippen LogP contribution in [0.2, 0.25) is 10.0 Å². The molecular formula is C37H37Cl2FN3O7+. The Morgan fingerprint density at radius 2 is 1.70 bits per heavy atom. The fraction of sp³-hybridized carbons (Fsp3) is 0.324. The Morgan fingerprint density at radius 1 is 1.00 bits per heavy atom. The predicted octanol–water partition coefficient (Wildman–Crippen LogP) is 6.98. The summed E-state index contributed by atoms with van der Waals surface area (Å²) in [6.07, 6.45) is 3.57. The average Bonchev–Trinajstić information content (AvgIpc) is 3.10. The number of anilines is 1. The molecule has 2 N–H and O–H groups in total. The summed E-state index contributed by atoms with van der Waals surface area (Å²) in [4.78, 5) is 30.1. The number of carboxylic acids is 1. The number of ether oxygens (including phenoxy) is 3. The van der Waals surface area contributed by atoms with Crippen molar-refractivity contribution in [3.63, 3.8) is 0 Å². The standard InChI is InChI=1S/C37H36Cl2FN3O7/c1-48-33-10-8-24(16-34(33)49-2)26(17-28-29(38)19-42(47)20-30(28)39)27-15-22(7-9-25(27)36(44)45)18-43(32-6-4-3-5-31(32)40)37(46)50-35-21-41-13-11-23(35)12-14-41/h3-10,15-16,19-20,23,26,35H,11-14,17-18,21H2,1-2H3,(H-,44,45,47)/p+1/t26-,35-/m0/s1. The van der Waals surface area contributed by atoms with E-state index in [1.54, 1.807) is 42.5 Å². The van der Waals surface area contributed by atoms with E-state index < -0.39 is 23.8 Å². The maximum absolute atomic E-state index is 15.3. The second-order valence-corrected chi connectivity index (χ2v) is 13.3. The third-order valence-corrected chi connectivity index (χ3v) is 10.2. The molecule has 3 fully saturated rings. The number of methoxy groups -OCH3 is 2. The molecule has 4 aromatic rings. The summed E-state index contributed by atoms with van der Waals surface area (Å²) in [5, 5.41) is 20.7. The van der Waals surface area contributed by atoms with Crippen molar-refractivity contribution in [2.45, 2.75) is 37.8 Å². The number of benzene rings is 3. The van der Waals surface area contributed by atoms with Crippen LogP contribution in [-0.4, -0.2) is 67.2 Å². The molecule has 0 radical (unpaired) electrons. The van der Waals surface area contributed by atoms with Gasteiger partial charge in [0.05, 0.1) is 32.0 Å². The number of fused-ring (bicyclic) bond motifs is 3. The number of para-hydroxylation sites is 1. The molecule has 13 heteroatoms. The highest BCUT2D eigenvalue weighted by Gasteiger charge is 2.38. The Labute approximate surface area is 299 Å². The summed E-state index contributed by atoms with van der Waals surface area (Å²) in [6, 6.07) is 16.0. The fourth-order valence-electron chi connectivity index (χ4n) is 6.95. The van der Waals surface area contributed by atoms with Crippen molar-refractivity contribution in [1.82, 2.24) is 4.90 Å². The molecule has 10 nitrogen and oxygen atoms in total. The Hall–Kier alpha value is -4.58. The van der Waals surface area contributed by atoms with E-state index in [9.17, 15) is 19.9 Å². The molecular weight excluding hydrogens is 688 g/mol. The SMILES string of the molecule is COc1ccc([C@H](Cc2c(Cl)c[n+](O)cc2Cl)c2cc(CN(C(=O)O[C@H]3CN4CCC3CC4)c3ccccc3F)ccc2C(=O)O)cc1OC. The van der Waals surface area contributed by atoms with E-state index in [0.29, 0.717) is 40.3 Å². The quantitative estimate of drug-likeness (QED) is 0.126. The Balaban J connectivity index is 1.43. The van der Waals surface area contributed by atoms with E-state index in [2.05, 4.69) is 4.90 Å². The normalized spacial score (nSPS) is 18.7. The van der Waals surface area contributed by atoms with Gasteiger partial charge < -0.3 is 19.3 Å². The molecule has 50 heavy (non-hydrogen) atoms. The summed E-state index contributed by atoms with van der Waals surface area (Å²) in [6.45, 7) is 2.46. The number of hydrogen-bond donors (Lipinski definition) is 2. The van der Waals surface area contributed by atoms with Gasteiger partial charge in [-0.3, -0.25) is 15.0 Å². The highest BCUT2D eigenvalue weighted by atomic mass is 35.5. The van der Waals surface area contributed by atoms with Gasteiger partial charge in [-0.2, -0.15) is 0 Å². The van der Waals surface area contributed by atoms with Crippen molar-refractivity contribution < 1.29 is 43.2 Å². The third-order valence-electron chi connectivity index (χ3n) is 9.56. The zero-order chi connectivity index (χ0) is 35.5. The first-order chi connectivity index (χ1) is 24.1. The van der Waals surface area contributed by atoms with Crippen LogP contribution in [-0.2, 0) is 17.7 Å². The van der Waals surface area contributed by atoms with Crippen LogP contribution in [0.25, 0.3) is 0 Å². The number of aromatic nitrogens is 1. The fourth-order valence-corrected chi connectivity index (χ4v) is 7.55. The summed E-state index contributed by atoms with van der Waals surface area (Å²) < 4.78 is 33.1. The Morgan fingerprint density at radius 3 is 2.32 bits per heavy atom. The summed E-state index contributed by atoms with van der Waals surface area (Å²) in [5.41, 5.74) is 2.08. The first kappa shape index (κ1) is 35.3. The molecule has 3 saturated heterocycles. The van der Waals surface area contributed by atoms with Gasteiger partial charge in [0.1, 0.15) is 22.0 Å². The number of hydrogen-bond acceptors (Lipinski definition) is 7. The van der Waals surface area contributed by atoms with Crippen LogP contribution in [0.3, 0.4) is 0 Å². The maximum atomic E-state index is 15.3. The largest absolute Gasteiger partial charge is 0.493 e. The Kier molecular flexibility index (Phi) is 10.7. The lowest BCUT2D eigenvalue weighted by molar-refractivity contribution is -0.904. The maximum Gasteiger partial charge on any atom is 0.415 e. The van der Waals surface area contributed by atoms with Crippen LogP contribution in [0.1, 0.15) is 51.4 Å². The molecule has 0 aliphatic carbocycles. The monoisotopic (exact) mass is 724 g/mol. The van der Waals surface area contributed by atoms with Gasteiger partial charge in [-0.25, -0.2) is 14.0 Å². The van der Waals surface area contributed by atoms with E-state index in [0.717, 1.165) is 30.7 Å². The zero-order valence-corrected chi connectivity index (χ0v) is 29.0. The zero-order valence-electron chi connectivity index (χ0n) is 27.5. The molecule has 262 valence electrons. The van der Waals surface area contributed by atoms with Crippen LogP contribution in [0.4, 0.5) is 14.9 Å². The first-order valence-electron chi connectivity index (χ1n) is 16.2. The number of carbonyl (C=O) groups excluding carboxylic acids is 1. The molecule has 0 saturated carbocycles. The molecule has 3 aromatic carbocycles. The average molecular weight is 726 g/mol. The van der Waals surface area contributed by atoms with Gasteiger partial charge in [0.25, 0.3) is 0 Å². The Bertz CT molecular complexity index is 1880. The van der Waals surface area contributed by atoms with Crippen molar-refractivity contribution in [2.24, 2.45) is 5.92 Å². The highest BCUT2D eigenvalue weighted by Crippen LogP contribution is 2.39. The first-order valence-corrected chi connectivity index (χ1v) is 16.9. The van der Waals surface area contributed by atoms with E-state index in [4.69, 9.17) is 37.4 Å². The van der Waals surface area contributed by atoms with E-state index in [1.807, 2.05) is 0 Å². The van der Waals surface area contributed by atoms with Crippen molar-refractivity contribution >= 4 is 41.0 Å². The molecule has 0 spiro atoms. The van der Waals surface area contributed by atoms with E-state index >= 15 is 4.39 Å². The highest BCUT2D eigenvalue weighted by molar-refractivity contribution is 6.35. The lowest BCUT2D eigenvalue weighted by Gasteiger charge is -2.44. The van der Waals surface area contributed by atoms with Crippen LogP contribution in [0, 0.1) is 11.7 Å². The number of amides is 1. The molecule has 2 atom stereocenters. The van der Waals surface area contributed by atoms with Gasteiger partial charge in [0.15, 0.2) is 11.5 Å². The summed E-state index contributed by atoms with van der Waals surface area (Å²) in [5.74, 6) is -1.32. The van der Waals surface area contributed by atoms with Crippen molar-refractivity contribution in [3.05, 3.63) is 117 Å². The van der Waals surface area contributed by atoms with Gasteiger partial charge in [0.2, 0.25) is 12.4 Å². The molecule has 0 unspecified atom stereocenters. The topological polar surface area (TPSA) is 113 Å². The van der Waals surface area contributed by atoms with Gasteiger partial charge >= 0.3 is 12.1 Å². The molecule has 1 aromatic heterocycles. The lowest BCUT2D eigenvalue weighted by atomic mass is 9.82. The predicted molar refractivity (Wildman–Crippen MR) is 184 cm³/mol. The smallest absolute Gasteiger partial charge is 0.415 e. The molecule has 1 amide bonds. The molecule has 7 rings (SSSR count). The third kappa shape index (κ3) is 7.45. The van der Waals surface area contributed by atoms with Crippen LogP contribution >= 0.6 is 23.2 Å². The molecule has 3 aliphatic heterocycles. The van der Waals surface area contributed by atoms with Crippen LogP contribution < -0.4 is 19.1 Å². The van der Waals surface area contributed by atoms with Crippen LogP contribution in [0.15, 0.2) is 73.1 Å². The minimum absolute atomic E-state index is 0.00114. The second kappa shape index (κ2) is 15.1. The summed E-state index contributed by atoms with van der Waals surface area (Å²) in [7, 11) is 3.01. The number of rotatable bonds is 11. The minimum Gasteiger partial charge on any atom is -0.493 e. The van der Waals surface area contributed by atoms with E-state index in [-0.39, 0.29) is 46.3 Å². The number of pyridine rings is 1. The van der Waals surface area contributed by atoms with Gasteiger partial charge in [-0.05, 0) is 85.3 Å². The lowest BCUT2D eigenvalue weighted by Crippen LogP contribution is -2.53. The van der Waals surface area contributed by atoms with Gasteiger partial charge in [-0.15, -0.1) is 0 Å². The number of halogens is 3. The van der Waals surface area contributed by atoms with Crippen molar-refractivity contribution in [3.8, 4) is 11.5 Å². The molecule has 2 bridgehead atoms. The summed E-state index contributed by atoms with van der Waals surface area (Å²) >= 11 is 13.1. The number of aromatic carboxylic acids is 1. The van der Waals surface area contributed by atoms with Gasteiger partial charge in [-0.1, -0.05) is 53.5 Å². The number of carboxylic acid groups (broad SMARTS) is 1. The number of carbonyl (C=O) groups is 2. The van der Waals surface area contributed by atoms with Gasteiger partial charge in [0, 0.05) is 22.8 Å². The van der Waals surface area contributed by atoms with E-state index in [1.165, 1.54) is 49.7 Å². The van der Waals surface area contributed by atoms with Crippen LogP contribution in [0.5, 0.6) is 11.5 Å². The molecule has 3 aliphatic rings.